The number of hydrogen-bond donors (Lipinski definition) is 0. The second-order valence-electron chi connectivity index (χ2n) is 5.32. The molecule has 0 aliphatic carbocycles. The highest BCUT2D eigenvalue weighted by Gasteiger charge is 2.36. The third-order valence-electron chi connectivity index (χ3n) is 4.11. The van der Waals surface area contributed by atoms with E-state index in [-0.39, 0.29) is 10.9 Å². The van der Waals surface area contributed by atoms with Crippen LogP contribution in [0.1, 0.15) is 29.8 Å². The topological polar surface area (TPSA) is 70.8 Å². The fourth-order valence-electron chi connectivity index (χ4n) is 3.01. The Morgan fingerprint density at radius 2 is 2.05 bits per heavy atom. The standard InChI is InChI=1S/C13H18N2O4S/c16-10-12-4-5-13(19-12)20(17,18)15-8-7-14-6-2-1-3-11(14)9-15/h4-5,10-11H,1-3,6-9H2. The SMILES string of the molecule is O=Cc1ccc(S(=O)(=O)N2CCN3CCCCC3C2)o1. The van der Waals surface area contributed by atoms with Gasteiger partial charge < -0.3 is 4.42 Å². The van der Waals surface area contributed by atoms with E-state index in [1.807, 2.05) is 0 Å². The van der Waals surface area contributed by atoms with Crippen LogP contribution in [0.4, 0.5) is 0 Å². The molecule has 7 heteroatoms. The maximum atomic E-state index is 12.5. The lowest BCUT2D eigenvalue weighted by molar-refractivity contribution is 0.0844. The van der Waals surface area contributed by atoms with E-state index in [4.69, 9.17) is 4.42 Å². The zero-order valence-electron chi connectivity index (χ0n) is 11.2. The van der Waals surface area contributed by atoms with Gasteiger partial charge in [-0.25, -0.2) is 8.42 Å². The van der Waals surface area contributed by atoms with Gasteiger partial charge in [0.2, 0.25) is 5.09 Å². The number of fused-ring (bicyclic) bond motifs is 1. The molecule has 0 aromatic carbocycles. The minimum absolute atomic E-state index is 0.0416. The summed E-state index contributed by atoms with van der Waals surface area (Å²) in [5, 5.41) is -0.135. The molecular formula is C13H18N2O4S. The van der Waals surface area contributed by atoms with Crippen molar-refractivity contribution >= 4 is 16.3 Å². The molecule has 1 unspecified atom stereocenters. The van der Waals surface area contributed by atoms with Gasteiger partial charge in [0, 0.05) is 25.7 Å². The van der Waals surface area contributed by atoms with Crippen LogP contribution >= 0.6 is 0 Å². The average Bonchev–Trinajstić information content (AvgIpc) is 2.96. The number of carbonyl (C=O) groups excluding carboxylic acids is 1. The van der Waals surface area contributed by atoms with Gasteiger partial charge in [0.1, 0.15) is 0 Å². The minimum Gasteiger partial charge on any atom is -0.440 e. The molecule has 3 heterocycles. The average molecular weight is 298 g/mol. The Balaban J connectivity index is 1.79. The van der Waals surface area contributed by atoms with Crippen molar-refractivity contribution in [1.82, 2.24) is 9.21 Å². The summed E-state index contributed by atoms with van der Waals surface area (Å²) in [6, 6.07) is 3.05. The lowest BCUT2D eigenvalue weighted by atomic mass is 10.0. The fourth-order valence-corrected chi connectivity index (χ4v) is 4.40. The summed E-state index contributed by atoms with van der Waals surface area (Å²) in [5.74, 6) is 0.0416. The Bertz CT molecular complexity index is 595. The number of piperidine rings is 1. The molecule has 110 valence electrons. The predicted molar refractivity (Wildman–Crippen MR) is 72.1 cm³/mol. The molecule has 20 heavy (non-hydrogen) atoms. The molecule has 6 nitrogen and oxygen atoms in total. The van der Waals surface area contributed by atoms with Crippen molar-refractivity contribution in [3.05, 3.63) is 17.9 Å². The van der Waals surface area contributed by atoms with Crippen molar-refractivity contribution in [2.75, 3.05) is 26.2 Å². The summed E-state index contributed by atoms with van der Waals surface area (Å²) in [6.07, 6.45) is 3.91. The molecule has 1 aromatic heterocycles. The normalized spacial score (nSPS) is 25.3. The van der Waals surface area contributed by atoms with E-state index in [0.717, 1.165) is 25.9 Å². The highest BCUT2D eigenvalue weighted by atomic mass is 32.2. The van der Waals surface area contributed by atoms with Crippen LogP contribution in [0.2, 0.25) is 0 Å². The molecule has 2 aliphatic rings. The highest BCUT2D eigenvalue weighted by molar-refractivity contribution is 7.89. The fraction of sp³-hybridized carbons (Fsp3) is 0.615. The third-order valence-corrected chi connectivity index (χ3v) is 5.85. The Kier molecular flexibility index (Phi) is 3.66. The first-order valence-electron chi connectivity index (χ1n) is 6.90. The summed E-state index contributed by atoms with van der Waals surface area (Å²) in [6.45, 7) is 2.83. The van der Waals surface area contributed by atoms with Crippen molar-refractivity contribution in [3.8, 4) is 0 Å². The van der Waals surface area contributed by atoms with Crippen molar-refractivity contribution in [2.45, 2.75) is 30.4 Å². The van der Waals surface area contributed by atoms with Gasteiger partial charge in [-0.2, -0.15) is 4.31 Å². The summed E-state index contributed by atoms with van der Waals surface area (Å²) in [5.41, 5.74) is 0. The van der Waals surface area contributed by atoms with Crippen molar-refractivity contribution < 1.29 is 17.6 Å². The number of piperazine rings is 1. The summed E-state index contributed by atoms with van der Waals surface area (Å²) < 4.78 is 31.5. The Hall–Kier alpha value is -1.18. The molecule has 2 aliphatic heterocycles. The molecule has 0 bridgehead atoms. The zero-order valence-corrected chi connectivity index (χ0v) is 12.0. The number of aldehydes is 1. The maximum Gasteiger partial charge on any atom is 0.276 e. The van der Waals surface area contributed by atoms with Gasteiger partial charge in [0.15, 0.2) is 12.0 Å². The largest absolute Gasteiger partial charge is 0.440 e. The first kappa shape index (κ1) is 13.8. The monoisotopic (exact) mass is 298 g/mol. The van der Waals surface area contributed by atoms with Crippen LogP contribution in [0, 0.1) is 0 Å². The van der Waals surface area contributed by atoms with Crippen molar-refractivity contribution in [3.63, 3.8) is 0 Å². The van der Waals surface area contributed by atoms with E-state index in [1.54, 1.807) is 0 Å². The summed E-state index contributed by atoms with van der Waals surface area (Å²) >= 11 is 0. The van der Waals surface area contributed by atoms with Crippen LogP contribution < -0.4 is 0 Å². The van der Waals surface area contributed by atoms with Crippen LogP contribution in [0.25, 0.3) is 0 Å². The highest BCUT2D eigenvalue weighted by Crippen LogP contribution is 2.25. The van der Waals surface area contributed by atoms with E-state index in [0.29, 0.717) is 25.4 Å². The molecule has 3 rings (SSSR count). The zero-order chi connectivity index (χ0) is 14.2. The number of sulfonamides is 1. The minimum atomic E-state index is -3.62. The number of rotatable bonds is 3. The van der Waals surface area contributed by atoms with Crippen molar-refractivity contribution in [1.29, 1.82) is 0 Å². The predicted octanol–water partition coefficient (Wildman–Crippen LogP) is 0.951. The first-order valence-corrected chi connectivity index (χ1v) is 8.34. The number of hydrogen-bond acceptors (Lipinski definition) is 5. The molecule has 0 amide bonds. The Morgan fingerprint density at radius 1 is 1.20 bits per heavy atom. The van der Waals surface area contributed by atoms with E-state index >= 15 is 0 Å². The molecule has 0 radical (unpaired) electrons. The Morgan fingerprint density at radius 3 is 2.80 bits per heavy atom. The Labute approximate surface area is 118 Å². The van der Waals surface area contributed by atoms with E-state index in [2.05, 4.69) is 4.90 Å². The molecule has 0 N–H and O–H groups in total. The molecule has 1 atom stereocenters. The van der Waals surface area contributed by atoms with Crippen LogP contribution in [0.15, 0.2) is 21.6 Å². The van der Waals surface area contributed by atoms with Crippen LogP contribution in [0.5, 0.6) is 0 Å². The van der Waals surface area contributed by atoms with E-state index in [9.17, 15) is 13.2 Å². The second-order valence-corrected chi connectivity index (χ2v) is 7.19. The number of nitrogens with zero attached hydrogens (tertiary/aromatic N) is 2. The number of furan rings is 1. The van der Waals surface area contributed by atoms with Crippen LogP contribution in [-0.2, 0) is 10.0 Å². The summed E-state index contributed by atoms with van der Waals surface area (Å²) in [4.78, 5) is 13.0. The summed E-state index contributed by atoms with van der Waals surface area (Å²) in [7, 11) is -3.62. The maximum absolute atomic E-state index is 12.5. The van der Waals surface area contributed by atoms with Crippen LogP contribution in [-0.4, -0.2) is 56.1 Å². The van der Waals surface area contributed by atoms with Gasteiger partial charge in [-0.15, -0.1) is 0 Å². The molecule has 2 fully saturated rings. The third kappa shape index (κ3) is 2.41. The van der Waals surface area contributed by atoms with Crippen LogP contribution in [0.3, 0.4) is 0 Å². The van der Waals surface area contributed by atoms with Gasteiger partial charge in [0.25, 0.3) is 10.0 Å². The smallest absolute Gasteiger partial charge is 0.276 e. The van der Waals surface area contributed by atoms with Gasteiger partial charge in [-0.1, -0.05) is 6.42 Å². The quantitative estimate of drug-likeness (QED) is 0.777. The lowest BCUT2D eigenvalue weighted by Crippen LogP contribution is -2.56. The van der Waals surface area contributed by atoms with E-state index in [1.165, 1.54) is 22.9 Å². The van der Waals surface area contributed by atoms with E-state index < -0.39 is 10.0 Å². The molecule has 0 saturated carbocycles. The molecular weight excluding hydrogens is 280 g/mol. The molecule has 2 saturated heterocycles. The second kappa shape index (κ2) is 5.31. The van der Waals surface area contributed by atoms with Gasteiger partial charge in [-0.3, -0.25) is 9.69 Å². The molecule has 1 aromatic rings. The first-order chi connectivity index (χ1) is 9.61. The van der Waals surface area contributed by atoms with Gasteiger partial charge in [0.05, 0.1) is 0 Å². The lowest BCUT2D eigenvalue weighted by Gasteiger charge is -2.43. The molecule has 0 spiro atoms. The van der Waals surface area contributed by atoms with Gasteiger partial charge >= 0.3 is 0 Å². The number of carbonyl (C=O) groups is 1. The van der Waals surface area contributed by atoms with Crippen molar-refractivity contribution in [2.24, 2.45) is 0 Å². The van der Waals surface area contributed by atoms with Gasteiger partial charge in [-0.05, 0) is 31.5 Å².